The Balaban J connectivity index is 2.31. The zero-order valence-corrected chi connectivity index (χ0v) is 12.9. The van der Waals surface area contributed by atoms with Crippen LogP contribution < -0.4 is 0 Å². The molecule has 1 fully saturated rings. The summed E-state index contributed by atoms with van der Waals surface area (Å²) < 4.78 is 4.90. The summed E-state index contributed by atoms with van der Waals surface area (Å²) in [6, 6.07) is 0. The number of ether oxygens (including phenoxy) is 1. The Bertz CT molecular complexity index is 403. The van der Waals surface area contributed by atoms with Gasteiger partial charge in [0.2, 0.25) is 0 Å². The highest BCUT2D eigenvalue weighted by Crippen LogP contribution is 2.48. The fourth-order valence-corrected chi connectivity index (χ4v) is 3.91. The molecule has 0 aromatic carbocycles. The van der Waals surface area contributed by atoms with Crippen molar-refractivity contribution in [2.45, 2.75) is 52.1 Å². The van der Waals surface area contributed by atoms with Gasteiger partial charge in [0.1, 0.15) is 5.60 Å². The van der Waals surface area contributed by atoms with Crippen LogP contribution in [-0.2, 0) is 14.4 Å². The fraction of sp³-hybridized carbons (Fsp3) is 0.812. The molecule has 0 spiro atoms. The molecule has 0 saturated heterocycles. The van der Waals surface area contributed by atoms with E-state index in [1.807, 2.05) is 13.8 Å². The summed E-state index contributed by atoms with van der Waals surface area (Å²) in [6.45, 7) is 6.12. The number of allylic oxidation sites excluding steroid dienone is 1. The van der Waals surface area contributed by atoms with E-state index >= 15 is 0 Å². The van der Waals surface area contributed by atoms with Crippen LogP contribution in [0.5, 0.6) is 0 Å². The molecule has 0 aromatic rings. The maximum absolute atomic E-state index is 11.9. The van der Waals surface area contributed by atoms with E-state index in [2.05, 4.69) is 17.9 Å². The van der Waals surface area contributed by atoms with E-state index in [1.54, 1.807) is 0 Å². The predicted molar refractivity (Wildman–Crippen MR) is 76.0 cm³/mol. The molecule has 0 aliphatic heterocycles. The molecule has 0 radical (unpaired) electrons. The topological polar surface area (TPSA) is 55.8 Å². The lowest BCUT2D eigenvalue weighted by Gasteiger charge is -2.44. The number of hydrogen-bond donors (Lipinski definition) is 1. The molecule has 114 valence electrons. The monoisotopic (exact) mass is 282 g/mol. The largest absolute Gasteiger partial charge is 0.469 e. The normalized spacial score (nSPS) is 38.6. The predicted octanol–water partition coefficient (Wildman–Crippen LogP) is 3.43. The number of rotatable bonds is 3. The van der Waals surface area contributed by atoms with Crippen molar-refractivity contribution in [1.82, 2.24) is 0 Å². The molecule has 0 amide bonds. The lowest BCUT2D eigenvalue weighted by Crippen LogP contribution is -2.40. The van der Waals surface area contributed by atoms with Crippen LogP contribution in [0.2, 0.25) is 0 Å². The summed E-state index contributed by atoms with van der Waals surface area (Å²) in [7, 11) is 1.44. The minimum absolute atomic E-state index is 0.137. The van der Waals surface area contributed by atoms with Crippen molar-refractivity contribution in [2.75, 3.05) is 7.11 Å². The summed E-state index contributed by atoms with van der Waals surface area (Å²) in [6.07, 6.45) is 6.03. The van der Waals surface area contributed by atoms with Gasteiger partial charge in [0.05, 0.1) is 13.0 Å². The van der Waals surface area contributed by atoms with Gasteiger partial charge >= 0.3 is 5.97 Å². The SMILES string of the molecule is COC(=O)[C@H](C)[C@@H]1CC[C@@H](C)[C@@H]2CC[C@@](C)(OO)C=C21. The molecule has 2 rings (SSSR count). The zero-order valence-electron chi connectivity index (χ0n) is 12.9. The van der Waals surface area contributed by atoms with Gasteiger partial charge < -0.3 is 4.74 Å². The van der Waals surface area contributed by atoms with Gasteiger partial charge in [-0.05, 0) is 50.4 Å². The van der Waals surface area contributed by atoms with E-state index in [4.69, 9.17) is 9.99 Å². The average Bonchev–Trinajstić information content (AvgIpc) is 2.46. The Morgan fingerprint density at radius 2 is 2.15 bits per heavy atom. The van der Waals surface area contributed by atoms with Crippen LogP contribution in [0.3, 0.4) is 0 Å². The second-order valence-electron chi connectivity index (χ2n) is 6.67. The van der Waals surface area contributed by atoms with Crippen molar-refractivity contribution in [3.8, 4) is 0 Å². The Kier molecular flexibility index (Phi) is 4.55. The van der Waals surface area contributed by atoms with E-state index in [9.17, 15) is 4.79 Å². The summed E-state index contributed by atoms with van der Waals surface area (Å²) in [5, 5.41) is 9.15. The molecular weight excluding hydrogens is 256 g/mol. The third kappa shape index (κ3) is 2.77. The molecule has 4 nitrogen and oxygen atoms in total. The average molecular weight is 282 g/mol. The minimum Gasteiger partial charge on any atom is -0.469 e. The van der Waals surface area contributed by atoms with Crippen molar-refractivity contribution >= 4 is 5.97 Å². The van der Waals surface area contributed by atoms with E-state index in [0.717, 1.165) is 25.7 Å². The number of esters is 1. The van der Waals surface area contributed by atoms with Crippen LogP contribution in [0.25, 0.3) is 0 Å². The highest BCUT2D eigenvalue weighted by molar-refractivity contribution is 5.72. The van der Waals surface area contributed by atoms with Crippen molar-refractivity contribution in [3.05, 3.63) is 11.6 Å². The van der Waals surface area contributed by atoms with E-state index in [-0.39, 0.29) is 17.8 Å². The van der Waals surface area contributed by atoms with Crippen molar-refractivity contribution in [2.24, 2.45) is 23.7 Å². The maximum Gasteiger partial charge on any atom is 0.308 e. The van der Waals surface area contributed by atoms with Crippen LogP contribution >= 0.6 is 0 Å². The summed E-state index contributed by atoms with van der Waals surface area (Å²) in [4.78, 5) is 16.6. The molecule has 2 aliphatic carbocycles. The second-order valence-corrected chi connectivity index (χ2v) is 6.67. The van der Waals surface area contributed by atoms with Crippen molar-refractivity contribution < 1.29 is 19.7 Å². The van der Waals surface area contributed by atoms with Gasteiger partial charge in [0, 0.05) is 0 Å². The lowest BCUT2D eigenvalue weighted by molar-refractivity contribution is -0.306. The Morgan fingerprint density at radius 3 is 2.75 bits per heavy atom. The number of carbonyl (C=O) groups is 1. The van der Waals surface area contributed by atoms with Crippen LogP contribution in [0, 0.1) is 23.7 Å². The number of methoxy groups -OCH3 is 1. The third-order valence-corrected chi connectivity index (χ3v) is 5.29. The standard InChI is InChI=1S/C16H26O4/c1-10-5-6-13(11(2)15(17)19-4)14-9-16(3,20-18)8-7-12(10)14/h9-13,18H,5-8H2,1-4H3/t10-,11-,12+,13+,16-/m1/s1. The quantitative estimate of drug-likeness (QED) is 0.373. The molecule has 0 heterocycles. The highest BCUT2D eigenvalue weighted by atomic mass is 17.1. The summed E-state index contributed by atoms with van der Waals surface area (Å²) in [5.74, 6) is 1.05. The number of carbonyl (C=O) groups excluding carboxylic acids is 1. The van der Waals surface area contributed by atoms with Gasteiger partial charge in [-0.15, -0.1) is 0 Å². The minimum atomic E-state index is -0.614. The van der Waals surface area contributed by atoms with Gasteiger partial charge in [0.25, 0.3) is 0 Å². The first-order valence-electron chi connectivity index (χ1n) is 7.55. The molecule has 20 heavy (non-hydrogen) atoms. The molecule has 4 heteroatoms. The van der Waals surface area contributed by atoms with E-state index < -0.39 is 5.60 Å². The van der Waals surface area contributed by atoms with Crippen LogP contribution in [0.4, 0.5) is 0 Å². The first kappa shape index (κ1) is 15.5. The zero-order chi connectivity index (χ0) is 14.9. The van der Waals surface area contributed by atoms with Crippen LogP contribution in [0.1, 0.15) is 46.5 Å². The fourth-order valence-electron chi connectivity index (χ4n) is 3.91. The molecular formula is C16H26O4. The van der Waals surface area contributed by atoms with Crippen LogP contribution in [0.15, 0.2) is 11.6 Å². The molecule has 0 aromatic heterocycles. The first-order valence-corrected chi connectivity index (χ1v) is 7.55. The second kappa shape index (κ2) is 5.86. The molecule has 0 unspecified atom stereocenters. The van der Waals surface area contributed by atoms with Gasteiger partial charge in [-0.1, -0.05) is 25.5 Å². The van der Waals surface area contributed by atoms with Gasteiger partial charge in [-0.3, -0.25) is 10.1 Å². The number of fused-ring (bicyclic) bond motifs is 1. The van der Waals surface area contributed by atoms with Gasteiger partial charge in [-0.25, -0.2) is 4.89 Å². The summed E-state index contributed by atoms with van der Waals surface area (Å²) in [5.41, 5.74) is 0.668. The third-order valence-electron chi connectivity index (χ3n) is 5.29. The Morgan fingerprint density at radius 1 is 1.45 bits per heavy atom. The molecule has 2 aliphatic rings. The van der Waals surface area contributed by atoms with Gasteiger partial charge in [0.15, 0.2) is 0 Å². The Hall–Kier alpha value is -0.870. The summed E-state index contributed by atoms with van der Waals surface area (Å²) >= 11 is 0. The molecule has 5 atom stereocenters. The Labute approximate surface area is 121 Å². The molecule has 1 saturated carbocycles. The number of hydrogen-bond acceptors (Lipinski definition) is 4. The van der Waals surface area contributed by atoms with Gasteiger partial charge in [-0.2, -0.15) is 0 Å². The molecule has 1 N–H and O–H groups in total. The van der Waals surface area contributed by atoms with Crippen LogP contribution in [-0.4, -0.2) is 23.9 Å². The maximum atomic E-state index is 11.9. The smallest absolute Gasteiger partial charge is 0.308 e. The van der Waals surface area contributed by atoms with Crippen molar-refractivity contribution in [3.63, 3.8) is 0 Å². The van der Waals surface area contributed by atoms with Crippen molar-refractivity contribution in [1.29, 1.82) is 0 Å². The molecule has 0 bridgehead atoms. The van der Waals surface area contributed by atoms with E-state index in [1.165, 1.54) is 12.7 Å². The van der Waals surface area contributed by atoms with E-state index in [0.29, 0.717) is 11.8 Å². The first-order chi connectivity index (χ1) is 9.41. The lowest BCUT2D eigenvalue weighted by atomic mass is 9.62. The highest BCUT2D eigenvalue weighted by Gasteiger charge is 2.42.